The van der Waals surface area contributed by atoms with Crippen LogP contribution in [0.25, 0.3) is 0 Å². The average Bonchev–Trinajstić information content (AvgIpc) is 2.93. The monoisotopic (exact) mass is 319 g/mol. The Hall–Kier alpha value is -2.08. The van der Waals surface area contributed by atoms with E-state index in [-0.39, 0.29) is 17.7 Å². The zero-order valence-electron chi connectivity index (χ0n) is 14.0. The predicted octanol–water partition coefficient (Wildman–Crippen LogP) is 0.722. The van der Waals surface area contributed by atoms with E-state index in [0.717, 1.165) is 17.9 Å². The number of nitrogens with zero attached hydrogens (tertiary/aromatic N) is 2. The minimum Gasteiger partial charge on any atom is -0.497 e. The van der Waals surface area contributed by atoms with Crippen LogP contribution in [0.5, 0.6) is 5.75 Å². The van der Waals surface area contributed by atoms with Crippen LogP contribution in [-0.2, 0) is 16.1 Å². The number of hydrogen-bond donors (Lipinski definition) is 1. The molecule has 1 aromatic carbocycles. The third-order valence-corrected chi connectivity index (χ3v) is 4.17. The molecule has 1 aliphatic heterocycles. The summed E-state index contributed by atoms with van der Waals surface area (Å²) in [5.41, 5.74) is 1.04. The topological polar surface area (TPSA) is 61.9 Å². The van der Waals surface area contributed by atoms with Gasteiger partial charge in [0.2, 0.25) is 11.8 Å². The summed E-state index contributed by atoms with van der Waals surface area (Å²) in [5.74, 6) is 0.648. The standard InChI is InChI=1S/C17H25N3O3/c1-18-8-9-19(2)17(22)14-10-16(21)20(12-14)11-13-4-6-15(23-3)7-5-13/h4-7,14,18H,8-12H2,1-3H3. The van der Waals surface area contributed by atoms with Gasteiger partial charge in [-0.15, -0.1) is 0 Å². The summed E-state index contributed by atoms with van der Waals surface area (Å²) in [5, 5.41) is 3.02. The molecule has 6 nitrogen and oxygen atoms in total. The van der Waals surface area contributed by atoms with E-state index in [1.165, 1.54) is 0 Å². The molecule has 1 N–H and O–H groups in total. The molecule has 1 saturated heterocycles. The summed E-state index contributed by atoms with van der Waals surface area (Å²) in [4.78, 5) is 28.0. The van der Waals surface area contributed by atoms with Gasteiger partial charge in [0.15, 0.2) is 0 Å². The maximum absolute atomic E-state index is 12.4. The largest absolute Gasteiger partial charge is 0.497 e. The van der Waals surface area contributed by atoms with Crippen molar-refractivity contribution in [2.24, 2.45) is 5.92 Å². The fourth-order valence-electron chi connectivity index (χ4n) is 2.74. The van der Waals surface area contributed by atoms with E-state index in [1.807, 2.05) is 31.3 Å². The van der Waals surface area contributed by atoms with Crippen LogP contribution in [0.2, 0.25) is 0 Å². The zero-order chi connectivity index (χ0) is 16.8. The minimum absolute atomic E-state index is 0.0428. The van der Waals surface area contributed by atoms with Crippen LogP contribution in [0.3, 0.4) is 0 Å². The molecule has 0 radical (unpaired) electrons. The second kappa shape index (κ2) is 7.97. The van der Waals surface area contributed by atoms with E-state index in [0.29, 0.717) is 26.1 Å². The van der Waals surface area contributed by atoms with Gasteiger partial charge >= 0.3 is 0 Å². The molecule has 2 rings (SSSR count). The number of benzene rings is 1. The van der Waals surface area contributed by atoms with E-state index in [9.17, 15) is 9.59 Å². The highest BCUT2D eigenvalue weighted by Crippen LogP contribution is 2.22. The molecule has 1 aliphatic rings. The van der Waals surface area contributed by atoms with Crippen molar-refractivity contribution in [3.05, 3.63) is 29.8 Å². The number of rotatable bonds is 7. The zero-order valence-corrected chi connectivity index (χ0v) is 14.0. The molecule has 126 valence electrons. The van der Waals surface area contributed by atoms with Crippen LogP contribution in [-0.4, -0.2) is 62.5 Å². The second-order valence-electron chi connectivity index (χ2n) is 5.89. The lowest BCUT2D eigenvalue weighted by atomic mass is 10.1. The third kappa shape index (κ3) is 4.45. The van der Waals surface area contributed by atoms with E-state index in [2.05, 4.69) is 5.32 Å². The maximum atomic E-state index is 12.4. The van der Waals surface area contributed by atoms with Crippen molar-refractivity contribution in [1.82, 2.24) is 15.1 Å². The van der Waals surface area contributed by atoms with Crippen molar-refractivity contribution in [3.63, 3.8) is 0 Å². The molecule has 0 aromatic heterocycles. The van der Waals surface area contributed by atoms with Crippen LogP contribution in [0.1, 0.15) is 12.0 Å². The van der Waals surface area contributed by atoms with Crippen LogP contribution in [0.4, 0.5) is 0 Å². The molecule has 1 heterocycles. The average molecular weight is 319 g/mol. The molecule has 0 saturated carbocycles. The smallest absolute Gasteiger partial charge is 0.227 e. The molecule has 1 fully saturated rings. The predicted molar refractivity (Wildman–Crippen MR) is 88.1 cm³/mol. The molecule has 0 bridgehead atoms. The Balaban J connectivity index is 1.92. The van der Waals surface area contributed by atoms with Gasteiger partial charge in [0.05, 0.1) is 13.0 Å². The number of likely N-dealkylation sites (tertiary alicyclic amines) is 1. The quantitative estimate of drug-likeness (QED) is 0.804. The molecular formula is C17H25N3O3. The highest BCUT2D eigenvalue weighted by Gasteiger charge is 2.35. The van der Waals surface area contributed by atoms with Crippen molar-refractivity contribution in [2.45, 2.75) is 13.0 Å². The highest BCUT2D eigenvalue weighted by molar-refractivity contribution is 5.89. The van der Waals surface area contributed by atoms with Crippen molar-refractivity contribution in [2.75, 3.05) is 40.8 Å². The molecule has 0 spiro atoms. The van der Waals surface area contributed by atoms with Gasteiger partial charge in [0.1, 0.15) is 5.75 Å². The van der Waals surface area contributed by atoms with Gasteiger partial charge in [-0.1, -0.05) is 12.1 Å². The first-order valence-electron chi connectivity index (χ1n) is 7.85. The first kappa shape index (κ1) is 17.3. The Bertz CT molecular complexity index is 545. The number of nitrogens with one attached hydrogen (secondary N) is 1. The van der Waals surface area contributed by atoms with Gasteiger partial charge in [-0.2, -0.15) is 0 Å². The molecule has 2 amide bonds. The molecule has 6 heteroatoms. The van der Waals surface area contributed by atoms with Crippen LogP contribution < -0.4 is 10.1 Å². The maximum Gasteiger partial charge on any atom is 0.227 e. The van der Waals surface area contributed by atoms with Gasteiger partial charge in [0, 0.05) is 39.6 Å². The van der Waals surface area contributed by atoms with Crippen molar-refractivity contribution < 1.29 is 14.3 Å². The van der Waals surface area contributed by atoms with Crippen LogP contribution >= 0.6 is 0 Å². The van der Waals surface area contributed by atoms with Gasteiger partial charge in [-0.25, -0.2) is 0 Å². The van der Waals surface area contributed by atoms with Gasteiger partial charge < -0.3 is 19.9 Å². The normalized spacial score (nSPS) is 17.4. The molecule has 1 atom stereocenters. The van der Waals surface area contributed by atoms with E-state index in [1.54, 1.807) is 24.0 Å². The number of carbonyl (C=O) groups excluding carboxylic acids is 2. The molecular weight excluding hydrogens is 294 g/mol. The number of amides is 2. The summed E-state index contributed by atoms with van der Waals surface area (Å²) < 4.78 is 5.13. The fraction of sp³-hybridized carbons (Fsp3) is 0.529. The number of ether oxygens (including phenoxy) is 1. The third-order valence-electron chi connectivity index (χ3n) is 4.17. The van der Waals surface area contributed by atoms with Gasteiger partial charge in [0.25, 0.3) is 0 Å². The Morgan fingerprint density at radius 2 is 2.09 bits per heavy atom. The van der Waals surface area contributed by atoms with E-state index < -0.39 is 0 Å². The SMILES string of the molecule is CNCCN(C)C(=O)C1CC(=O)N(Cc2ccc(OC)cc2)C1. The number of carbonyl (C=O) groups is 2. The van der Waals surface area contributed by atoms with E-state index in [4.69, 9.17) is 4.74 Å². The minimum atomic E-state index is -0.234. The Morgan fingerprint density at radius 1 is 1.39 bits per heavy atom. The van der Waals surface area contributed by atoms with Gasteiger partial charge in [-0.05, 0) is 24.7 Å². The van der Waals surface area contributed by atoms with Crippen molar-refractivity contribution in [1.29, 1.82) is 0 Å². The molecule has 0 aliphatic carbocycles. The fourth-order valence-corrected chi connectivity index (χ4v) is 2.74. The molecule has 1 unspecified atom stereocenters. The number of methoxy groups -OCH3 is 1. The van der Waals surface area contributed by atoms with Crippen molar-refractivity contribution in [3.8, 4) is 5.75 Å². The van der Waals surface area contributed by atoms with Crippen molar-refractivity contribution >= 4 is 11.8 Å². The van der Waals surface area contributed by atoms with Crippen LogP contribution in [0.15, 0.2) is 24.3 Å². The first-order valence-corrected chi connectivity index (χ1v) is 7.85. The Kier molecular flexibility index (Phi) is 5.98. The second-order valence-corrected chi connectivity index (χ2v) is 5.89. The lowest BCUT2D eigenvalue weighted by molar-refractivity contribution is -0.134. The molecule has 1 aromatic rings. The van der Waals surface area contributed by atoms with E-state index >= 15 is 0 Å². The molecule has 23 heavy (non-hydrogen) atoms. The summed E-state index contributed by atoms with van der Waals surface area (Å²) in [7, 11) is 5.27. The summed E-state index contributed by atoms with van der Waals surface area (Å²) in [6.07, 6.45) is 0.304. The lowest BCUT2D eigenvalue weighted by Gasteiger charge is -2.21. The summed E-state index contributed by atoms with van der Waals surface area (Å²) in [6.45, 7) is 2.43. The van der Waals surface area contributed by atoms with Crippen LogP contribution in [0, 0.1) is 5.92 Å². The Labute approximate surface area is 137 Å². The van der Waals surface area contributed by atoms with Gasteiger partial charge in [-0.3, -0.25) is 9.59 Å². The Morgan fingerprint density at radius 3 is 2.70 bits per heavy atom. The highest BCUT2D eigenvalue weighted by atomic mass is 16.5. The number of likely N-dealkylation sites (N-methyl/N-ethyl adjacent to an activating group) is 2. The summed E-state index contributed by atoms with van der Waals surface area (Å²) >= 11 is 0. The number of hydrogen-bond acceptors (Lipinski definition) is 4. The first-order chi connectivity index (χ1) is 11.0. The lowest BCUT2D eigenvalue weighted by Crippen LogP contribution is -2.38. The summed E-state index contributed by atoms with van der Waals surface area (Å²) in [6, 6.07) is 7.65.